The Balaban J connectivity index is 1.65. The van der Waals surface area contributed by atoms with E-state index in [-0.39, 0.29) is 12.3 Å². The lowest BCUT2D eigenvalue weighted by molar-refractivity contribution is -0.0538. The van der Waals surface area contributed by atoms with Gasteiger partial charge in [-0.25, -0.2) is 0 Å². The minimum Gasteiger partial charge on any atom is -0.497 e. The zero-order chi connectivity index (χ0) is 16.1. The van der Waals surface area contributed by atoms with Crippen LogP contribution in [0.5, 0.6) is 5.75 Å². The molecule has 2 atom stereocenters. The second-order valence-corrected chi connectivity index (χ2v) is 5.86. The van der Waals surface area contributed by atoms with Gasteiger partial charge in [-0.2, -0.15) is 0 Å². The van der Waals surface area contributed by atoms with E-state index in [0.29, 0.717) is 0 Å². The predicted octanol–water partition coefficient (Wildman–Crippen LogP) is 3.35. The van der Waals surface area contributed by atoms with Crippen molar-refractivity contribution < 1.29 is 9.47 Å². The number of nitrogens with zero attached hydrogens (tertiary/aromatic N) is 1. The number of nitrogens with one attached hydrogen (secondary N) is 1. The molecule has 0 amide bonds. The molecular formula is C19H24N2O2. The maximum Gasteiger partial charge on any atom is 0.143 e. The molecule has 4 nitrogen and oxygen atoms in total. The fraction of sp³-hybridized carbons (Fsp3) is 0.368. The van der Waals surface area contributed by atoms with Crippen molar-refractivity contribution in [3.63, 3.8) is 0 Å². The van der Waals surface area contributed by atoms with Crippen LogP contribution < -0.4 is 10.1 Å². The third kappa shape index (κ3) is 4.03. The van der Waals surface area contributed by atoms with Gasteiger partial charge in [0.25, 0.3) is 0 Å². The van der Waals surface area contributed by atoms with E-state index in [1.165, 1.54) is 5.56 Å². The van der Waals surface area contributed by atoms with Gasteiger partial charge in [0.05, 0.1) is 19.8 Å². The minimum atomic E-state index is -0.0282. The van der Waals surface area contributed by atoms with Gasteiger partial charge in [-0.3, -0.25) is 4.90 Å². The van der Waals surface area contributed by atoms with Gasteiger partial charge in [0.15, 0.2) is 0 Å². The van der Waals surface area contributed by atoms with Crippen LogP contribution in [0.3, 0.4) is 0 Å². The molecule has 1 saturated heterocycles. The average Bonchev–Trinajstić information content (AvgIpc) is 2.59. The summed E-state index contributed by atoms with van der Waals surface area (Å²) in [6.07, 6.45) is -0.0282. The maximum absolute atomic E-state index is 5.94. The molecule has 1 aliphatic heterocycles. The predicted molar refractivity (Wildman–Crippen MR) is 92.7 cm³/mol. The number of morpholine rings is 1. The van der Waals surface area contributed by atoms with Crippen molar-refractivity contribution in [3.05, 3.63) is 60.2 Å². The Morgan fingerprint density at radius 1 is 1.17 bits per heavy atom. The van der Waals surface area contributed by atoms with E-state index in [1.807, 2.05) is 24.3 Å². The largest absolute Gasteiger partial charge is 0.497 e. The summed E-state index contributed by atoms with van der Waals surface area (Å²) in [5, 5.41) is 3.48. The van der Waals surface area contributed by atoms with E-state index >= 15 is 0 Å². The van der Waals surface area contributed by atoms with Crippen molar-refractivity contribution in [1.29, 1.82) is 0 Å². The van der Waals surface area contributed by atoms with Crippen LogP contribution in [0, 0.1) is 0 Å². The van der Waals surface area contributed by atoms with Gasteiger partial charge in [0.2, 0.25) is 0 Å². The Morgan fingerprint density at radius 3 is 2.78 bits per heavy atom. The summed E-state index contributed by atoms with van der Waals surface area (Å²) < 4.78 is 11.2. The van der Waals surface area contributed by atoms with E-state index in [4.69, 9.17) is 9.47 Å². The molecule has 2 aromatic rings. The summed E-state index contributed by atoms with van der Waals surface area (Å²) in [5.41, 5.74) is 2.35. The lowest BCUT2D eigenvalue weighted by Gasteiger charge is -2.40. The smallest absolute Gasteiger partial charge is 0.143 e. The monoisotopic (exact) mass is 312 g/mol. The van der Waals surface area contributed by atoms with Crippen LogP contribution in [0.25, 0.3) is 0 Å². The summed E-state index contributed by atoms with van der Waals surface area (Å²) in [6, 6.07) is 18.8. The molecule has 2 aromatic carbocycles. The first-order valence-electron chi connectivity index (χ1n) is 8.06. The molecule has 2 unspecified atom stereocenters. The molecule has 122 valence electrons. The van der Waals surface area contributed by atoms with E-state index in [1.54, 1.807) is 7.11 Å². The number of rotatable bonds is 5. The number of hydrogen-bond donors (Lipinski definition) is 1. The van der Waals surface area contributed by atoms with E-state index in [0.717, 1.165) is 31.1 Å². The van der Waals surface area contributed by atoms with Crippen LogP contribution in [0.15, 0.2) is 54.6 Å². The number of anilines is 1. The highest BCUT2D eigenvalue weighted by Crippen LogP contribution is 2.22. The van der Waals surface area contributed by atoms with Crippen molar-refractivity contribution in [2.24, 2.45) is 0 Å². The fourth-order valence-electron chi connectivity index (χ4n) is 2.91. The van der Waals surface area contributed by atoms with Crippen molar-refractivity contribution in [1.82, 2.24) is 4.90 Å². The molecule has 0 radical (unpaired) electrons. The SMILES string of the molecule is COc1cccc(NC2OCCN(Cc3ccccc3)C2C)c1. The molecule has 0 aromatic heterocycles. The Bertz CT molecular complexity index is 618. The molecule has 0 bridgehead atoms. The number of hydrogen-bond acceptors (Lipinski definition) is 4. The van der Waals surface area contributed by atoms with Gasteiger partial charge in [-0.1, -0.05) is 36.4 Å². The second-order valence-electron chi connectivity index (χ2n) is 5.86. The first-order valence-corrected chi connectivity index (χ1v) is 8.06. The van der Waals surface area contributed by atoms with Crippen LogP contribution >= 0.6 is 0 Å². The Kier molecular flexibility index (Phi) is 5.16. The highest BCUT2D eigenvalue weighted by molar-refractivity contribution is 5.48. The summed E-state index contributed by atoms with van der Waals surface area (Å²) in [4.78, 5) is 2.46. The third-order valence-electron chi connectivity index (χ3n) is 4.30. The highest BCUT2D eigenvalue weighted by Gasteiger charge is 2.28. The minimum absolute atomic E-state index is 0.0282. The summed E-state index contributed by atoms with van der Waals surface area (Å²) in [5.74, 6) is 0.847. The lowest BCUT2D eigenvalue weighted by Crippen LogP contribution is -2.52. The molecule has 1 N–H and O–H groups in total. The molecule has 1 heterocycles. The van der Waals surface area contributed by atoms with Crippen LogP contribution in [-0.4, -0.2) is 37.4 Å². The summed E-state index contributed by atoms with van der Waals surface area (Å²) >= 11 is 0. The van der Waals surface area contributed by atoms with E-state index in [9.17, 15) is 0 Å². The molecule has 1 fully saturated rings. The van der Waals surface area contributed by atoms with Crippen LogP contribution in [0.2, 0.25) is 0 Å². The Hall–Kier alpha value is -2.04. The van der Waals surface area contributed by atoms with Gasteiger partial charge < -0.3 is 14.8 Å². The molecule has 4 heteroatoms. The zero-order valence-corrected chi connectivity index (χ0v) is 13.7. The van der Waals surface area contributed by atoms with Crippen LogP contribution in [0.1, 0.15) is 12.5 Å². The number of benzene rings is 2. The molecule has 0 spiro atoms. The quantitative estimate of drug-likeness (QED) is 0.918. The first kappa shape index (κ1) is 15.8. The molecule has 1 aliphatic rings. The Labute approximate surface area is 138 Å². The molecule has 23 heavy (non-hydrogen) atoms. The average molecular weight is 312 g/mol. The van der Waals surface area contributed by atoms with Crippen molar-refractivity contribution >= 4 is 5.69 Å². The summed E-state index contributed by atoms with van der Waals surface area (Å²) in [7, 11) is 1.68. The second kappa shape index (κ2) is 7.49. The van der Waals surface area contributed by atoms with Gasteiger partial charge in [-0.05, 0) is 24.6 Å². The Morgan fingerprint density at radius 2 is 2.00 bits per heavy atom. The lowest BCUT2D eigenvalue weighted by atomic mass is 10.1. The van der Waals surface area contributed by atoms with Gasteiger partial charge in [-0.15, -0.1) is 0 Å². The van der Waals surface area contributed by atoms with Crippen molar-refractivity contribution in [3.8, 4) is 5.75 Å². The third-order valence-corrected chi connectivity index (χ3v) is 4.30. The van der Waals surface area contributed by atoms with Crippen LogP contribution in [0.4, 0.5) is 5.69 Å². The van der Waals surface area contributed by atoms with Crippen molar-refractivity contribution in [2.75, 3.05) is 25.6 Å². The van der Waals surface area contributed by atoms with Gasteiger partial charge in [0, 0.05) is 24.8 Å². The summed E-state index contributed by atoms with van der Waals surface area (Å²) in [6.45, 7) is 4.84. The van der Waals surface area contributed by atoms with E-state index < -0.39 is 0 Å². The van der Waals surface area contributed by atoms with Gasteiger partial charge in [0.1, 0.15) is 12.0 Å². The normalized spacial score (nSPS) is 21.8. The number of ether oxygens (including phenoxy) is 2. The number of methoxy groups -OCH3 is 1. The molecule has 3 rings (SSSR count). The van der Waals surface area contributed by atoms with Crippen LogP contribution in [-0.2, 0) is 11.3 Å². The highest BCUT2D eigenvalue weighted by atomic mass is 16.5. The topological polar surface area (TPSA) is 33.7 Å². The van der Waals surface area contributed by atoms with E-state index in [2.05, 4.69) is 47.5 Å². The molecular weight excluding hydrogens is 288 g/mol. The maximum atomic E-state index is 5.94. The zero-order valence-electron chi connectivity index (χ0n) is 13.7. The standard InChI is InChI=1S/C19H24N2O2/c1-15-19(20-17-9-6-10-18(13-17)22-2)23-12-11-21(15)14-16-7-4-3-5-8-16/h3-10,13,15,19-20H,11-12,14H2,1-2H3. The first-order chi connectivity index (χ1) is 11.3. The van der Waals surface area contributed by atoms with Crippen molar-refractivity contribution in [2.45, 2.75) is 25.7 Å². The van der Waals surface area contributed by atoms with Gasteiger partial charge >= 0.3 is 0 Å². The molecule has 0 saturated carbocycles. The fourth-order valence-corrected chi connectivity index (χ4v) is 2.91. The molecule has 0 aliphatic carbocycles.